The van der Waals surface area contributed by atoms with Crippen molar-refractivity contribution in [3.63, 3.8) is 0 Å². The van der Waals surface area contributed by atoms with Gasteiger partial charge in [0.05, 0.1) is 16.9 Å². The molecule has 4 nitrogen and oxygen atoms in total. The van der Waals surface area contributed by atoms with Crippen LogP contribution in [-0.4, -0.2) is 27.5 Å². The topological polar surface area (TPSA) is 41.9 Å². The Morgan fingerprint density at radius 2 is 2.26 bits per heavy atom. The lowest BCUT2D eigenvalue weighted by Crippen LogP contribution is -2.41. The second kappa shape index (κ2) is 7.10. The number of aryl methyl sites for hydroxylation is 1. The molecule has 0 unspecified atom stereocenters. The first kappa shape index (κ1) is 14.6. The molecule has 1 heterocycles. The maximum atomic E-state index is 5.96. The van der Waals surface area contributed by atoms with E-state index >= 15 is 0 Å². The lowest BCUT2D eigenvalue weighted by atomic mass is 10.3. The summed E-state index contributed by atoms with van der Waals surface area (Å²) in [7, 11) is 0. The molecule has 1 saturated carbocycles. The van der Waals surface area contributed by atoms with Crippen molar-refractivity contribution in [2.45, 2.75) is 51.6 Å². The second-order valence-electron chi connectivity index (χ2n) is 5.04. The van der Waals surface area contributed by atoms with Gasteiger partial charge in [-0.3, -0.25) is 4.68 Å². The average molecular weight is 301 g/mol. The number of rotatable bonds is 5. The molecule has 6 heteroatoms. The summed E-state index contributed by atoms with van der Waals surface area (Å²) in [5.41, 5.74) is 1.02. The van der Waals surface area contributed by atoms with E-state index in [1.165, 1.54) is 25.7 Å². The van der Waals surface area contributed by atoms with Crippen LogP contribution in [0.25, 0.3) is 0 Å². The van der Waals surface area contributed by atoms with E-state index in [1.54, 1.807) is 6.20 Å². The number of nitrogens with one attached hydrogen (secondary N) is 2. The highest BCUT2D eigenvalue weighted by molar-refractivity contribution is 7.80. The summed E-state index contributed by atoms with van der Waals surface area (Å²) in [6.45, 7) is 3.70. The van der Waals surface area contributed by atoms with Crippen LogP contribution in [0.15, 0.2) is 6.20 Å². The summed E-state index contributed by atoms with van der Waals surface area (Å²) in [5.74, 6) is 0. The van der Waals surface area contributed by atoms with Crippen LogP contribution in [0.3, 0.4) is 0 Å². The molecule has 1 aliphatic carbocycles. The molecule has 106 valence electrons. The summed E-state index contributed by atoms with van der Waals surface area (Å²) < 4.78 is 1.93. The number of halogens is 1. The van der Waals surface area contributed by atoms with E-state index in [4.69, 9.17) is 23.8 Å². The van der Waals surface area contributed by atoms with Gasteiger partial charge in [-0.15, -0.1) is 0 Å². The molecular weight excluding hydrogens is 280 g/mol. The van der Waals surface area contributed by atoms with E-state index < -0.39 is 0 Å². The molecule has 0 spiro atoms. The molecule has 0 saturated heterocycles. The van der Waals surface area contributed by atoms with Gasteiger partial charge in [0.2, 0.25) is 0 Å². The predicted molar refractivity (Wildman–Crippen MR) is 82.6 cm³/mol. The number of thiocarbonyl (C=S) groups is 1. The molecule has 0 atom stereocenters. The van der Waals surface area contributed by atoms with Crippen molar-refractivity contribution in [1.29, 1.82) is 0 Å². The Balaban J connectivity index is 1.61. The molecule has 0 amide bonds. The fourth-order valence-electron chi connectivity index (χ4n) is 2.39. The zero-order valence-electron chi connectivity index (χ0n) is 11.3. The van der Waals surface area contributed by atoms with E-state index in [9.17, 15) is 0 Å². The van der Waals surface area contributed by atoms with E-state index in [1.807, 2.05) is 11.6 Å². The Morgan fingerprint density at radius 3 is 2.89 bits per heavy atom. The third-order valence-electron chi connectivity index (χ3n) is 3.57. The monoisotopic (exact) mass is 300 g/mol. The SMILES string of the molecule is Cc1c(Cl)cnn1CCCNC(=S)NC1CCCC1. The largest absolute Gasteiger partial charge is 0.363 e. The molecule has 0 aromatic carbocycles. The zero-order valence-corrected chi connectivity index (χ0v) is 12.9. The van der Waals surface area contributed by atoms with E-state index in [0.29, 0.717) is 6.04 Å². The van der Waals surface area contributed by atoms with Crippen molar-refractivity contribution in [1.82, 2.24) is 20.4 Å². The summed E-state index contributed by atoms with van der Waals surface area (Å²) >= 11 is 11.2. The van der Waals surface area contributed by atoms with Crippen LogP contribution >= 0.6 is 23.8 Å². The third-order valence-corrected chi connectivity index (χ3v) is 4.20. The molecule has 0 bridgehead atoms. The van der Waals surface area contributed by atoms with Gasteiger partial charge in [0.25, 0.3) is 0 Å². The molecule has 2 rings (SSSR count). The Bertz CT molecular complexity index is 426. The first-order valence-electron chi connectivity index (χ1n) is 6.89. The van der Waals surface area contributed by atoms with Gasteiger partial charge in [-0.05, 0) is 38.4 Å². The molecule has 0 aliphatic heterocycles. The van der Waals surface area contributed by atoms with Crippen LogP contribution in [0.4, 0.5) is 0 Å². The molecule has 1 aromatic rings. The lowest BCUT2D eigenvalue weighted by Gasteiger charge is -2.15. The predicted octanol–water partition coefficient (Wildman–Crippen LogP) is 2.64. The van der Waals surface area contributed by atoms with Gasteiger partial charge < -0.3 is 10.6 Å². The smallest absolute Gasteiger partial charge is 0.166 e. The van der Waals surface area contributed by atoms with Crippen LogP contribution in [0.1, 0.15) is 37.8 Å². The fourth-order valence-corrected chi connectivity index (χ4v) is 2.80. The first-order valence-corrected chi connectivity index (χ1v) is 7.67. The van der Waals surface area contributed by atoms with Gasteiger partial charge in [0.1, 0.15) is 0 Å². The maximum absolute atomic E-state index is 5.96. The summed E-state index contributed by atoms with van der Waals surface area (Å²) in [4.78, 5) is 0. The van der Waals surface area contributed by atoms with Gasteiger partial charge >= 0.3 is 0 Å². The second-order valence-corrected chi connectivity index (χ2v) is 5.85. The zero-order chi connectivity index (χ0) is 13.7. The Labute approximate surface area is 124 Å². The highest BCUT2D eigenvalue weighted by Crippen LogP contribution is 2.17. The third kappa shape index (κ3) is 4.35. The Hall–Kier alpha value is -0.810. The van der Waals surface area contributed by atoms with Gasteiger partial charge in [-0.2, -0.15) is 5.10 Å². The van der Waals surface area contributed by atoms with Crippen molar-refractivity contribution < 1.29 is 0 Å². The fraction of sp³-hybridized carbons (Fsp3) is 0.692. The number of aromatic nitrogens is 2. The first-order chi connectivity index (χ1) is 9.16. The summed E-state index contributed by atoms with van der Waals surface area (Å²) in [6, 6.07) is 0.576. The van der Waals surface area contributed by atoms with Crippen molar-refractivity contribution in [2.75, 3.05) is 6.54 Å². The van der Waals surface area contributed by atoms with Crippen molar-refractivity contribution >= 4 is 28.9 Å². The molecule has 19 heavy (non-hydrogen) atoms. The Morgan fingerprint density at radius 1 is 1.53 bits per heavy atom. The maximum Gasteiger partial charge on any atom is 0.166 e. The minimum atomic E-state index is 0.576. The molecule has 1 fully saturated rings. The standard InChI is InChI=1S/C13H21ClN4S/c1-10-12(14)9-16-18(10)8-4-7-15-13(19)17-11-5-2-3-6-11/h9,11H,2-8H2,1H3,(H2,15,17,19). The van der Waals surface area contributed by atoms with Crippen molar-refractivity contribution in [3.8, 4) is 0 Å². The quantitative estimate of drug-likeness (QED) is 0.648. The van der Waals surface area contributed by atoms with Gasteiger partial charge in [-0.25, -0.2) is 0 Å². The molecule has 2 N–H and O–H groups in total. The number of hydrogen-bond acceptors (Lipinski definition) is 2. The van der Waals surface area contributed by atoms with Crippen LogP contribution in [0, 0.1) is 6.92 Å². The minimum absolute atomic E-state index is 0.576. The number of nitrogens with zero attached hydrogens (tertiary/aromatic N) is 2. The average Bonchev–Trinajstić information content (AvgIpc) is 2.99. The molecule has 1 aromatic heterocycles. The van der Waals surface area contributed by atoms with Crippen LogP contribution < -0.4 is 10.6 Å². The van der Waals surface area contributed by atoms with Crippen molar-refractivity contribution in [2.24, 2.45) is 0 Å². The molecule has 1 aliphatic rings. The highest BCUT2D eigenvalue weighted by atomic mass is 35.5. The molecule has 0 radical (unpaired) electrons. The van der Waals surface area contributed by atoms with Crippen LogP contribution in [0.5, 0.6) is 0 Å². The normalized spacial score (nSPS) is 15.7. The minimum Gasteiger partial charge on any atom is -0.363 e. The van der Waals surface area contributed by atoms with Gasteiger partial charge in [0, 0.05) is 19.1 Å². The summed E-state index contributed by atoms with van der Waals surface area (Å²) in [5, 5.41) is 12.4. The van der Waals surface area contributed by atoms with Crippen LogP contribution in [-0.2, 0) is 6.54 Å². The number of hydrogen-bond donors (Lipinski definition) is 2. The Kier molecular flexibility index (Phi) is 5.45. The van der Waals surface area contributed by atoms with Gasteiger partial charge in [0.15, 0.2) is 5.11 Å². The lowest BCUT2D eigenvalue weighted by molar-refractivity contribution is 0.555. The summed E-state index contributed by atoms with van der Waals surface area (Å²) in [6.07, 6.45) is 7.79. The van der Waals surface area contributed by atoms with E-state index in [2.05, 4.69) is 15.7 Å². The van der Waals surface area contributed by atoms with Crippen LogP contribution in [0.2, 0.25) is 5.02 Å². The van der Waals surface area contributed by atoms with E-state index in [0.717, 1.165) is 35.3 Å². The van der Waals surface area contributed by atoms with E-state index in [-0.39, 0.29) is 0 Å². The van der Waals surface area contributed by atoms with Crippen molar-refractivity contribution in [3.05, 3.63) is 16.9 Å². The van der Waals surface area contributed by atoms with Gasteiger partial charge in [-0.1, -0.05) is 24.4 Å². The molecular formula is C13H21ClN4S. The highest BCUT2D eigenvalue weighted by Gasteiger charge is 2.15.